The van der Waals surface area contributed by atoms with Crippen molar-refractivity contribution in [2.75, 3.05) is 32.7 Å². The highest BCUT2D eigenvalue weighted by Gasteiger charge is 2.30. The first kappa shape index (κ1) is 14.7. The number of rotatable bonds is 2. The number of benzene rings is 1. The van der Waals surface area contributed by atoms with Crippen LogP contribution in [0, 0.1) is 11.8 Å². The Bertz CT molecular complexity index is 482. The van der Waals surface area contributed by atoms with Gasteiger partial charge in [0.2, 0.25) is 0 Å². The number of ether oxygens (including phenoxy) is 1. The standard InChI is InChI=1S/C14H15F3N2O/c15-14(16,17)20-13-5-3-12(4-6-13)2-1-9-19-10-7-18-8-11-19/h3-6,18H,7-11H2. The van der Waals surface area contributed by atoms with Gasteiger partial charge in [0.25, 0.3) is 0 Å². The van der Waals surface area contributed by atoms with E-state index in [1.165, 1.54) is 24.3 Å². The second-order valence-electron chi connectivity index (χ2n) is 4.40. The first-order chi connectivity index (χ1) is 9.53. The summed E-state index contributed by atoms with van der Waals surface area (Å²) in [5, 5.41) is 3.25. The maximum absolute atomic E-state index is 12.0. The van der Waals surface area contributed by atoms with Crippen molar-refractivity contribution in [3.8, 4) is 17.6 Å². The molecule has 0 spiro atoms. The van der Waals surface area contributed by atoms with Crippen LogP contribution in [0.4, 0.5) is 13.2 Å². The maximum Gasteiger partial charge on any atom is 0.573 e. The lowest BCUT2D eigenvalue weighted by molar-refractivity contribution is -0.274. The average molecular weight is 284 g/mol. The van der Waals surface area contributed by atoms with Crippen LogP contribution < -0.4 is 10.1 Å². The van der Waals surface area contributed by atoms with Crippen LogP contribution >= 0.6 is 0 Å². The molecule has 0 radical (unpaired) electrons. The molecular weight excluding hydrogens is 269 g/mol. The Morgan fingerprint density at radius 1 is 1.15 bits per heavy atom. The van der Waals surface area contributed by atoms with Gasteiger partial charge in [-0.1, -0.05) is 11.8 Å². The number of alkyl halides is 3. The van der Waals surface area contributed by atoms with E-state index < -0.39 is 6.36 Å². The normalized spacial score (nSPS) is 16.4. The number of hydrogen-bond acceptors (Lipinski definition) is 3. The zero-order valence-corrected chi connectivity index (χ0v) is 10.8. The Kier molecular flexibility index (Phi) is 4.88. The quantitative estimate of drug-likeness (QED) is 0.839. The molecule has 1 fully saturated rings. The van der Waals surface area contributed by atoms with Gasteiger partial charge in [-0.05, 0) is 24.3 Å². The van der Waals surface area contributed by atoms with Crippen LogP contribution in [-0.4, -0.2) is 44.0 Å². The minimum absolute atomic E-state index is 0.231. The van der Waals surface area contributed by atoms with Gasteiger partial charge >= 0.3 is 6.36 Å². The molecule has 1 aromatic carbocycles. The number of nitrogens with zero attached hydrogens (tertiary/aromatic N) is 1. The summed E-state index contributed by atoms with van der Waals surface area (Å²) >= 11 is 0. The summed E-state index contributed by atoms with van der Waals surface area (Å²) in [6.45, 7) is 4.53. The molecule has 1 saturated heterocycles. The Morgan fingerprint density at radius 2 is 1.80 bits per heavy atom. The predicted octanol–water partition coefficient (Wildman–Crippen LogP) is 1.84. The van der Waals surface area contributed by atoms with Gasteiger partial charge in [-0.3, -0.25) is 4.90 Å². The monoisotopic (exact) mass is 284 g/mol. The minimum Gasteiger partial charge on any atom is -0.406 e. The molecular formula is C14H15F3N2O. The van der Waals surface area contributed by atoms with E-state index in [1.54, 1.807) is 0 Å². The van der Waals surface area contributed by atoms with E-state index in [0.29, 0.717) is 12.1 Å². The van der Waals surface area contributed by atoms with E-state index in [4.69, 9.17) is 0 Å². The number of piperazine rings is 1. The van der Waals surface area contributed by atoms with E-state index in [2.05, 4.69) is 26.8 Å². The highest BCUT2D eigenvalue weighted by atomic mass is 19.4. The largest absolute Gasteiger partial charge is 0.573 e. The zero-order valence-electron chi connectivity index (χ0n) is 10.8. The van der Waals surface area contributed by atoms with Crippen LogP contribution in [0.1, 0.15) is 5.56 Å². The summed E-state index contributed by atoms with van der Waals surface area (Å²) in [7, 11) is 0. The van der Waals surface area contributed by atoms with Crippen molar-refractivity contribution in [2.24, 2.45) is 0 Å². The summed E-state index contributed by atoms with van der Waals surface area (Å²) < 4.78 is 39.8. The molecule has 3 nitrogen and oxygen atoms in total. The molecule has 1 N–H and O–H groups in total. The fourth-order valence-corrected chi connectivity index (χ4v) is 1.86. The van der Waals surface area contributed by atoms with Crippen LogP contribution in [0.15, 0.2) is 24.3 Å². The van der Waals surface area contributed by atoms with Crippen LogP contribution in [0.25, 0.3) is 0 Å². The van der Waals surface area contributed by atoms with Gasteiger partial charge in [-0.25, -0.2) is 0 Å². The first-order valence-electron chi connectivity index (χ1n) is 6.31. The SMILES string of the molecule is FC(F)(F)Oc1ccc(C#CCN2CCNCC2)cc1. The molecule has 0 aliphatic carbocycles. The van der Waals surface area contributed by atoms with Crippen molar-refractivity contribution in [3.63, 3.8) is 0 Å². The molecule has 2 rings (SSSR count). The smallest absolute Gasteiger partial charge is 0.406 e. The van der Waals surface area contributed by atoms with Gasteiger partial charge in [0.15, 0.2) is 0 Å². The molecule has 0 atom stereocenters. The highest BCUT2D eigenvalue weighted by Crippen LogP contribution is 2.22. The summed E-state index contributed by atoms with van der Waals surface area (Å²) in [6, 6.07) is 5.57. The first-order valence-corrected chi connectivity index (χ1v) is 6.31. The van der Waals surface area contributed by atoms with Crippen LogP contribution in [0.5, 0.6) is 5.75 Å². The summed E-state index contributed by atoms with van der Waals surface area (Å²) in [4.78, 5) is 2.23. The molecule has 0 amide bonds. The van der Waals surface area contributed by atoms with Gasteiger partial charge in [0.1, 0.15) is 5.75 Å². The Hall–Kier alpha value is -1.71. The average Bonchev–Trinajstić information content (AvgIpc) is 2.40. The number of nitrogens with one attached hydrogen (secondary N) is 1. The molecule has 6 heteroatoms. The fraction of sp³-hybridized carbons (Fsp3) is 0.429. The Labute approximate surface area is 115 Å². The lowest BCUT2D eigenvalue weighted by Gasteiger charge is -2.24. The topological polar surface area (TPSA) is 24.5 Å². The maximum atomic E-state index is 12.0. The lowest BCUT2D eigenvalue weighted by atomic mass is 10.2. The van der Waals surface area contributed by atoms with Gasteiger partial charge in [0, 0.05) is 31.7 Å². The molecule has 20 heavy (non-hydrogen) atoms. The van der Waals surface area contributed by atoms with E-state index >= 15 is 0 Å². The van der Waals surface area contributed by atoms with E-state index in [9.17, 15) is 13.2 Å². The van der Waals surface area contributed by atoms with Crippen molar-refractivity contribution < 1.29 is 17.9 Å². The molecule has 1 aliphatic rings. The van der Waals surface area contributed by atoms with Crippen LogP contribution in [0.2, 0.25) is 0 Å². The third-order valence-electron chi connectivity index (χ3n) is 2.83. The highest BCUT2D eigenvalue weighted by molar-refractivity contribution is 5.38. The third kappa shape index (κ3) is 5.11. The van der Waals surface area contributed by atoms with Gasteiger partial charge in [-0.15, -0.1) is 13.2 Å². The summed E-state index contributed by atoms with van der Waals surface area (Å²) in [5.74, 6) is 5.73. The molecule has 0 bridgehead atoms. The lowest BCUT2D eigenvalue weighted by Crippen LogP contribution is -2.43. The van der Waals surface area contributed by atoms with Crippen LogP contribution in [0.3, 0.4) is 0 Å². The second-order valence-corrected chi connectivity index (χ2v) is 4.40. The Balaban J connectivity index is 1.87. The number of hydrogen-bond donors (Lipinski definition) is 1. The summed E-state index contributed by atoms with van der Waals surface area (Å²) in [6.07, 6.45) is -4.66. The Morgan fingerprint density at radius 3 is 2.40 bits per heavy atom. The van der Waals surface area contributed by atoms with Gasteiger partial charge < -0.3 is 10.1 Å². The van der Waals surface area contributed by atoms with Crippen molar-refractivity contribution in [3.05, 3.63) is 29.8 Å². The number of halogens is 3. The van der Waals surface area contributed by atoms with E-state index in [0.717, 1.165) is 26.2 Å². The molecule has 0 saturated carbocycles. The van der Waals surface area contributed by atoms with Crippen molar-refractivity contribution in [1.82, 2.24) is 10.2 Å². The van der Waals surface area contributed by atoms with Crippen LogP contribution in [-0.2, 0) is 0 Å². The second kappa shape index (κ2) is 6.64. The van der Waals surface area contributed by atoms with Crippen molar-refractivity contribution in [2.45, 2.75) is 6.36 Å². The van der Waals surface area contributed by atoms with Gasteiger partial charge in [-0.2, -0.15) is 0 Å². The third-order valence-corrected chi connectivity index (χ3v) is 2.83. The van der Waals surface area contributed by atoms with Gasteiger partial charge in [0.05, 0.1) is 6.54 Å². The molecule has 108 valence electrons. The minimum atomic E-state index is -4.66. The molecule has 1 heterocycles. The zero-order chi connectivity index (χ0) is 14.4. The van der Waals surface area contributed by atoms with Crippen molar-refractivity contribution >= 4 is 0 Å². The van der Waals surface area contributed by atoms with E-state index in [-0.39, 0.29) is 5.75 Å². The molecule has 0 aromatic heterocycles. The summed E-state index contributed by atoms with van der Waals surface area (Å²) in [5.41, 5.74) is 0.676. The molecule has 1 aliphatic heterocycles. The molecule has 0 unspecified atom stereocenters. The molecule has 1 aromatic rings. The fourth-order valence-electron chi connectivity index (χ4n) is 1.86. The predicted molar refractivity (Wildman–Crippen MR) is 69.3 cm³/mol. The van der Waals surface area contributed by atoms with Crippen molar-refractivity contribution in [1.29, 1.82) is 0 Å². The van der Waals surface area contributed by atoms with E-state index in [1.807, 2.05) is 0 Å².